The summed E-state index contributed by atoms with van der Waals surface area (Å²) in [6.07, 6.45) is 7.47. The number of carbonyl (C=O) groups excluding carboxylic acids is 1. The molecule has 1 spiro atoms. The summed E-state index contributed by atoms with van der Waals surface area (Å²) < 4.78 is 0. The number of ketones is 1. The topological polar surface area (TPSA) is 37.3 Å². The van der Waals surface area contributed by atoms with E-state index in [1.54, 1.807) is 0 Å². The first kappa shape index (κ1) is 13.8. The third-order valence-corrected chi connectivity index (χ3v) is 6.47. The van der Waals surface area contributed by atoms with Crippen molar-refractivity contribution < 1.29 is 9.90 Å². The summed E-state index contributed by atoms with van der Waals surface area (Å²) in [4.78, 5) is 12.9. The first-order chi connectivity index (χ1) is 9.87. The molecular formula is C19H26O2. The molecule has 0 aromatic rings. The second kappa shape index (κ2) is 4.10. The second-order valence-corrected chi connectivity index (χ2v) is 8.45. The highest BCUT2D eigenvalue weighted by atomic mass is 16.3. The van der Waals surface area contributed by atoms with E-state index in [4.69, 9.17) is 0 Å². The zero-order chi connectivity index (χ0) is 15.0. The van der Waals surface area contributed by atoms with Gasteiger partial charge in [0, 0.05) is 22.3 Å². The molecule has 0 heterocycles. The fourth-order valence-electron chi connectivity index (χ4n) is 4.76. The Morgan fingerprint density at radius 3 is 2.52 bits per heavy atom. The maximum Gasteiger partial charge on any atom is 0.164 e. The average molecular weight is 286 g/mol. The number of rotatable bonds is 3. The van der Waals surface area contributed by atoms with E-state index in [9.17, 15) is 9.90 Å². The summed E-state index contributed by atoms with van der Waals surface area (Å²) >= 11 is 0. The molecule has 4 rings (SSSR count). The summed E-state index contributed by atoms with van der Waals surface area (Å²) in [5, 5.41) is 10.7. The number of aliphatic hydroxyl groups excluding tert-OH is 1. The minimum atomic E-state index is -0.502. The molecule has 0 aromatic heterocycles. The first-order valence-corrected chi connectivity index (χ1v) is 8.52. The molecule has 3 fully saturated rings. The molecular weight excluding hydrogens is 260 g/mol. The molecule has 4 aliphatic carbocycles. The van der Waals surface area contributed by atoms with Crippen molar-refractivity contribution in [2.24, 2.45) is 22.7 Å². The SMILES string of the molecule is C=C1C(O)C2CC(C)(C)C(=O)C2=C(CCC2CC2)C12CC2. The van der Waals surface area contributed by atoms with Crippen LogP contribution in [0.15, 0.2) is 23.3 Å². The Bertz CT molecular complexity index is 558. The van der Waals surface area contributed by atoms with Crippen LogP contribution >= 0.6 is 0 Å². The minimum Gasteiger partial charge on any atom is -0.388 e. The average Bonchev–Trinajstić information content (AvgIpc) is 3.32. The van der Waals surface area contributed by atoms with Crippen LogP contribution in [0, 0.1) is 22.7 Å². The van der Waals surface area contributed by atoms with Crippen molar-refractivity contribution in [3.05, 3.63) is 23.3 Å². The third kappa shape index (κ3) is 1.84. The Kier molecular flexibility index (Phi) is 2.68. The molecule has 3 saturated carbocycles. The number of allylic oxidation sites excluding steroid dienone is 1. The zero-order valence-corrected chi connectivity index (χ0v) is 13.2. The lowest BCUT2D eigenvalue weighted by atomic mass is 9.69. The van der Waals surface area contributed by atoms with Gasteiger partial charge in [0.2, 0.25) is 0 Å². The molecule has 2 unspecified atom stereocenters. The summed E-state index contributed by atoms with van der Waals surface area (Å²) in [6, 6.07) is 0. The number of aliphatic hydroxyl groups is 1. The molecule has 0 bridgehead atoms. The molecule has 0 aliphatic heterocycles. The van der Waals surface area contributed by atoms with Gasteiger partial charge in [0.05, 0.1) is 6.10 Å². The normalized spacial score (nSPS) is 36.3. The molecule has 2 heteroatoms. The van der Waals surface area contributed by atoms with Gasteiger partial charge in [-0.2, -0.15) is 0 Å². The fraction of sp³-hybridized carbons (Fsp3) is 0.737. The molecule has 0 saturated heterocycles. The van der Waals surface area contributed by atoms with Crippen LogP contribution in [0.2, 0.25) is 0 Å². The highest BCUT2D eigenvalue weighted by Gasteiger charge is 2.60. The number of hydrogen-bond acceptors (Lipinski definition) is 2. The van der Waals surface area contributed by atoms with Crippen LogP contribution in [0.3, 0.4) is 0 Å². The van der Waals surface area contributed by atoms with Crippen LogP contribution in [0.5, 0.6) is 0 Å². The fourth-order valence-corrected chi connectivity index (χ4v) is 4.76. The van der Waals surface area contributed by atoms with E-state index in [1.807, 2.05) is 13.8 Å². The second-order valence-electron chi connectivity index (χ2n) is 8.45. The van der Waals surface area contributed by atoms with Gasteiger partial charge in [0.1, 0.15) is 0 Å². The van der Waals surface area contributed by atoms with Gasteiger partial charge < -0.3 is 5.11 Å². The number of hydrogen-bond donors (Lipinski definition) is 1. The van der Waals surface area contributed by atoms with Crippen molar-refractivity contribution in [3.8, 4) is 0 Å². The van der Waals surface area contributed by atoms with Crippen molar-refractivity contribution in [2.45, 2.75) is 64.9 Å². The van der Waals surface area contributed by atoms with Crippen LogP contribution in [0.25, 0.3) is 0 Å². The van der Waals surface area contributed by atoms with E-state index in [0.29, 0.717) is 5.78 Å². The van der Waals surface area contributed by atoms with E-state index >= 15 is 0 Å². The molecule has 0 amide bonds. The number of Topliss-reactive ketones (excluding diaryl/α,β-unsaturated/α-hetero) is 1. The van der Waals surface area contributed by atoms with E-state index in [1.165, 1.54) is 24.8 Å². The molecule has 0 radical (unpaired) electrons. The highest BCUT2D eigenvalue weighted by molar-refractivity contribution is 6.04. The van der Waals surface area contributed by atoms with E-state index in [0.717, 1.165) is 42.7 Å². The maximum atomic E-state index is 12.9. The lowest BCUT2D eigenvalue weighted by Gasteiger charge is -2.37. The van der Waals surface area contributed by atoms with Crippen LogP contribution in [-0.4, -0.2) is 17.0 Å². The lowest BCUT2D eigenvalue weighted by Crippen LogP contribution is -2.34. The standard InChI is InChI=1S/C19H26O2/c1-11-16(20)13-10-18(2,3)17(21)15(13)14(19(11)8-9-19)7-6-12-4-5-12/h12-13,16,20H,1,4-10H2,2-3H3. The van der Waals surface area contributed by atoms with Crippen molar-refractivity contribution in [1.29, 1.82) is 0 Å². The van der Waals surface area contributed by atoms with Gasteiger partial charge in [-0.1, -0.05) is 38.8 Å². The molecule has 0 aromatic carbocycles. The zero-order valence-electron chi connectivity index (χ0n) is 13.2. The lowest BCUT2D eigenvalue weighted by molar-refractivity contribution is -0.121. The quantitative estimate of drug-likeness (QED) is 0.801. The van der Waals surface area contributed by atoms with E-state index < -0.39 is 6.10 Å². The van der Waals surface area contributed by atoms with Gasteiger partial charge >= 0.3 is 0 Å². The first-order valence-electron chi connectivity index (χ1n) is 8.52. The Morgan fingerprint density at radius 1 is 1.29 bits per heavy atom. The van der Waals surface area contributed by atoms with Gasteiger partial charge in [-0.15, -0.1) is 0 Å². The van der Waals surface area contributed by atoms with Gasteiger partial charge in [-0.05, 0) is 43.6 Å². The van der Waals surface area contributed by atoms with Gasteiger partial charge in [0.15, 0.2) is 5.78 Å². The Morgan fingerprint density at radius 2 is 1.95 bits per heavy atom. The summed E-state index contributed by atoms with van der Waals surface area (Å²) in [5.41, 5.74) is 3.08. The van der Waals surface area contributed by atoms with Gasteiger partial charge in [-0.25, -0.2) is 0 Å². The number of fused-ring (bicyclic) bond motifs is 1. The molecule has 2 nitrogen and oxygen atoms in total. The largest absolute Gasteiger partial charge is 0.388 e. The summed E-state index contributed by atoms with van der Waals surface area (Å²) in [7, 11) is 0. The third-order valence-electron chi connectivity index (χ3n) is 6.47. The molecule has 114 valence electrons. The molecule has 1 N–H and O–H groups in total. The van der Waals surface area contributed by atoms with Gasteiger partial charge in [-0.3, -0.25) is 4.79 Å². The maximum absolute atomic E-state index is 12.9. The summed E-state index contributed by atoms with van der Waals surface area (Å²) in [6.45, 7) is 8.31. The molecule has 2 atom stereocenters. The van der Waals surface area contributed by atoms with Gasteiger partial charge in [0.25, 0.3) is 0 Å². The minimum absolute atomic E-state index is 0.00375. The van der Waals surface area contributed by atoms with Crippen LogP contribution < -0.4 is 0 Å². The molecule has 4 aliphatic rings. The highest BCUT2D eigenvalue weighted by Crippen LogP contribution is 2.66. The smallest absolute Gasteiger partial charge is 0.164 e. The van der Waals surface area contributed by atoms with Crippen molar-refractivity contribution in [3.63, 3.8) is 0 Å². The van der Waals surface area contributed by atoms with Crippen LogP contribution in [0.4, 0.5) is 0 Å². The summed E-state index contributed by atoms with van der Waals surface area (Å²) in [5.74, 6) is 1.20. The van der Waals surface area contributed by atoms with E-state index in [-0.39, 0.29) is 16.7 Å². The van der Waals surface area contributed by atoms with Crippen molar-refractivity contribution >= 4 is 5.78 Å². The predicted molar refractivity (Wildman–Crippen MR) is 82.7 cm³/mol. The monoisotopic (exact) mass is 286 g/mol. The Hall–Kier alpha value is -0.890. The predicted octanol–water partition coefficient (Wildman–Crippen LogP) is 3.80. The Balaban J connectivity index is 1.79. The van der Waals surface area contributed by atoms with Crippen LogP contribution in [-0.2, 0) is 4.79 Å². The van der Waals surface area contributed by atoms with Crippen molar-refractivity contribution in [1.82, 2.24) is 0 Å². The van der Waals surface area contributed by atoms with Crippen LogP contribution in [0.1, 0.15) is 58.8 Å². The number of carbonyl (C=O) groups is 1. The van der Waals surface area contributed by atoms with Crippen molar-refractivity contribution in [2.75, 3.05) is 0 Å². The molecule has 21 heavy (non-hydrogen) atoms. The Labute approximate surface area is 127 Å². The van der Waals surface area contributed by atoms with E-state index in [2.05, 4.69) is 6.58 Å².